The van der Waals surface area contributed by atoms with E-state index in [-0.39, 0.29) is 15.5 Å². The normalized spacial score (nSPS) is 12.9. The van der Waals surface area contributed by atoms with Crippen LogP contribution in [0.5, 0.6) is 0 Å². The number of nitrogens with one attached hydrogen (secondary N) is 1. The number of benzene rings is 2. The van der Waals surface area contributed by atoms with Crippen molar-refractivity contribution < 1.29 is 48.9 Å². The molecule has 35 heavy (non-hydrogen) atoms. The van der Waals surface area contributed by atoms with Gasteiger partial charge in [-0.1, -0.05) is 6.07 Å². The molecule has 0 atom stereocenters. The van der Waals surface area contributed by atoms with Crippen molar-refractivity contribution in [3.63, 3.8) is 0 Å². The van der Waals surface area contributed by atoms with E-state index in [1.165, 1.54) is 0 Å². The van der Waals surface area contributed by atoms with Crippen molar-refractivity contribution in [2.45, 2.75) is 32.0 Å². The molecule has 192 valence electrons. The number of hydrogen-bond acceptors (Lipinski definition) is 7. The maximum Gasteiger partial charge on any atom is 0.460 e. The number of carbonyl (C=O) groups is 1. The fourth-order valence-electron chi connectivity index (χ4n) is 2.35. The van der Waals surface area contributed by atoms with E-state index < -0.39 is 66.1 Å². The Morgan fingerprint density at radius 2 is 1.69 bits per heavy atom. The van der Waals surface area contributed by atoms with Crippen molar-refractivity contribution in [3.05, 3.63) is 52.6 Å². The van der Waals surface area contributed by atoms with Gasteiger partial charge in [0.15, 0.2) is 9.84 Å². The van der Waals surface area contributed by atoms with Gasteiger partial charge in [-0.25, -0.2) is 8.42 Å². The third kappa shape index (κ3) is 7.00. The molecule has 1 amide bonds. The molecule has 2 rings (SSSR count). The zero-order chi connectivity index (χ0) is 26.8. The van der Waals surface area contributed by atoms with E-state index in [0.29, 0.717) is 11.8 Å². The highest BCUT2D eigenvalue weighted by Crippen LogP contribution is 2.54. The van der Waals surface area contributed by atoms with Crippen molar-refractivity contribution in [1.82, 2.24) is 0 Å². The molecule has 2 aromatic carbocycles. The van der Waals surface area contributed by atoms with Crippen molar-refractivity contribution >= 4 is 50.6 Å². The molecule has 0 aliphatic heterocycles. The van der Waals surface area contributed by atoms with Crippen molar-refractivity contribution in [1.29, 1.82) is 0 Å². The van der Waals surface area contributed by atoms with Crippen LogP contribution in [0, 0.1) is 10.1 Å². The Hall–Kier alpha value is -2.53. The number of halogens is 7. The molecule has 7 nitrogen and oxygen atoms in total. The number of thioether (sulfide) groups is 2. The maximum atomic E-state index is 13.6. The molecule has 0 aliphatic carbocycles. The molecule has 0 radical (unpaired) electrons. The predicted octanol–water partition coefficient (Wildman–Crippen LogP) is 5.61. The van der Waals surface area contributed by atoms with Gasteiger partial charge in [0.25, 0.3) is 5.69 Å². The van der Waals surface area contributed by atoms with E-state index in [2.05, 4.69) is 5.32 Å². The first-order valence-corrected chi connectivity index (χ1v) is 12.6. The molecule has 0 saturated heterocycles. The maximum absolute atomic E-state index is 13.6. The van der Waals surface area contributed by atoms with Gasteiger partial charge in [-0.05, 0) is 42.1 Å². The number of amides is 1. The van der Waals surface area contributed by atoms with Crippen LogP contribution in [0.15, 0.2) is 57.2 Å². The van der Waals surface area contributed by atoms with Crippen LogP contribution in [0.4, 0.5) is 42.1 Å². The lowest BCUT2D eigenvalue weighted by Gasteiger charge is -2.27. The van der Waals surface area contributed by atoms with E-state index in [0.717, 1.165) is 48.7 Å². The fourth-order valence-corrected chi connectivity index (χ4v) is 4.67. The highest BCUT2D eigenvalue weighted by atomic mass is 32.2. The highest BCUT2D eigenvalue weighted by molar-refractivity contribution is 8.00. The topological polar surface area (TPSA) is 106 Å². The van der Waals surface area contributed by atoms with Crippen LogP contribution in [0.25, 0.3) is 0 Å². The van der Waals surface area contributed by atoms with Gasteiger partial charge in [-0.2, -0.15) is 30.7 Å². The average Bonchev–Trinajstić information content (AvgIpc) is 2.70. The summed E-state index contributed by atoms with van der Waals surface area (Å²) >= 11 is -0.400. The second-order valence-corrected chi connectivity index (χ2v) is 10.9. The third-order valence-corrected chi connectivity index (χ3v) is 7.17. The van der Waals surface area contributed by atoms with Gasteiger partial charge in [0.2, 0.25) is 5.91 Å². The number of nitro groups is 1. The first-order chi connectivity index (χ1) is 15.8. The number of sulfone groups is 1. The van der Waals surface area contributed by atoms with E-state index >= 15 is 0 Å². The van der Waals surface area contributed by atoms with Crippen LogP contribution < -0.4 is 5.32 Å². The summed E-state index contributed by atoms with van der Waals surface area (Å²) in [6.07, 6.45) is -5.65. The van der Waals surface area contributed by atoms with Crippen LogP contribution in [-0.4, -0.2) is 48.6 Å². The summed E-state index contributed by atoms with van der Waals surface area (Å²) in [5.74, 6) is -7.62. The molecule has 0 aliphatic rings. The second kappa shape index (κ2) is 10.2. The number of rotatable bonds is 9. The molecule has 0 saturated carbocycles. The van der Waals surface area contributed by atoms with E-state index in [4.69, 9.17) is 0 Å². The van der Waals surface area contributed by atoms with E-state index in [9.17, 15) is 54.1 Å². The molecule has 1 N–H and O–H groups in total. The van der Waals surface area contributed by atoms with Crippen LogP contribution in [0.1, 0.15) is 0 Å². The monoisotopic (exact) mass is 566 g/mol. The Bertz CT molecular complexity index is 1240. The number of hydrogen-bond donors (Lipinski definition) is 1. The average molecular weight is 566 g/mol. The van der Waals surface area contributed by atoms with E-state index in [1.807, 2.05) is 0 Å². The third-order valence-electron chi connectivity index (χ3n) is 4.00. The number of carbonyl (C=O) groups excluding carboxylic acids is 1. The standard InChI is InChI=1S/C18H13F7N2O5S3/c1-35(31,32)12-5-6-14(13(8-12)27(29)30)33-9-15(28)26-10-3-2-4-11(7-10)34-18(24,25)16(19,20)17(21,22)23/h2-8H,9H2,1H3,(H,26,28). The summed E-state index contributed by atoms with van der Waals surface area (Å²) in [6, 6.07) is 6.79. The lowest BCUT2D eigenvalue weighted by molar-refractivity contribution is -0.388. The Morgan fingerprint density at radius 3 is 2.23 bits per heavy atom. The molecule has 0 fully saturated rings. The Labute approximate surface area is 201 Å². The van der Waals surface area contributed by atoms with Gasteiger partial charge in [-0.15, -0.1) is 11.8 Å². The fraction of sp³-hybridized carbons (Fsp3) is 0.278. The summed E-state index contributed by atoms with van der Waals surface area (Å²) < 4.78 is 113. The molecule has 0 spiro atoms. The Kier molecular flexibility index (Phi) is 8.38. The number of nitrogens with zero attached hydrogens (tertiary/aromatic N) is 1. The Morgan fingerprint density at radius 1 is 1.06 bits per heavy atom. The molecule has 17 heteroatoms. The first kappa shape index (κ1) is 28.7. The van der Waals surface area contributed by atoms with Gasteiger partial charge in [0.05, 0.1) is 20.5 Å². The lowest BCUT2D eigenvalue weighted by Crippen LogP contribution is -2.49. The van der Waals surface area contributed by atoms with Gasteiger partial charge in [-0.3, -0.25) is 14.9 Å². The molecule has 0 heterocycles. The van der Waals surface area contributed by atoms with Gasteiger partial charge in [0, 0.05) is 22.9 Å². The van der Waals surface area contributed by atoms with Crippen molar-refractivity contribution in [2.24, 2.45) is 0 Å². The molecule has 0 bridgehead atoms. The van der Waals surface area contributed by atoms with Crippen LogP contribution in [0.3, 0.4) is 0 Å². The summed E-state index contributed by atoms with van der Waals surface area (Å²) in [6.45, 7) is 0. The zero-order valence-electron chi connectivity index (χ0n) is 17.1. The molecule has 2 aromatic rings. The first-order valence-electron chi connectivity index (χ1n) is 8.88. The summed E-state index contributed by atoms with van der Waals surface area (Å²) in [4.78, 5) is 21.5. The van der Waals surface area contributed by atoms with Crippen LogP contribution in [-0.2, 0) is 14.6 Å². The Balaban J connectivity index is 2.12. The van der Waals surface area contributed by atoms with Gasteiger partial charge < -0.3 is 5.32 Å². The van der Waals surface area contributed by atoms with Crippen molar-refractivity contribution in [2.75, 3.05) is 17.3 Å². The number of alkyl halides is 7. The van der Waals surface area contributed by atoms with E-state index in [1.54, 1.807) is 0 Å². The molecule has 0 aromatic heterocycles. The predicted molar refractivity (Wildman–Crippen MR) is 114 cm³/mol. The van der Waals surface area contributed by atoms with Gasteiger partial charge >= 0.3 is 17.4 Å². The molecular formula is C18H13F7N2O5S3. The largest absolute Gasteiger partial charge is 0.460 e. The molecular weight excluding hydrogens is 553 g/mol. The van der Waals surface area contributed by atoms with Gasteiger partial charge in [0.1, 0.15) is 0 Å². The summed E-state index contributed by atoms with van der Waals surface area (Å²) in [7, 11) is -3.74. The van der Waals surface area contributed by atoms with Crippen molar-refractivity contribution in [3.8, 4) is 0 Å². The lowest BCUT2D eigenvalue weighted by atomic mass is 10.3. The number of nitro benzene ring substituents is 1. The summed E-state index contributed by atoms with van der Waals surface area (Å²) in [5.41, 5.74) is -0.800. The minimum Gasteiger partial charge on any atom is -0.325 e. The SMILES string of the molecule is CS(=O)(=O)c1ccc(SCC(=O)Nc2cccc(SC(F)(F)C(F)(F)C(F)(F)F)c2)c([N+](=O)[O-])c1. The van der Waals surface area contributed by atoms with Crippen LogP contribution >= 0.6 is 23.5 Å². The highest BCUT2D eigenvalue weighted by Gasteiger charge is 2.73. The molecule has 0 unspecified atom stereocenters. The minimum absolute atomic E-state index is 0.0594. The second-order valence-electron chi connectivity index (χ2n) is 6.71. The summed E-state index contributed by atoms with van der Waals surface area (Å²) in [5, 5.41) is 7.89. The smallest absolute Gasteiger partial charge is 0.325 e. The van der Waals surface area contributed by atoms with Crippen LogP contribution in [0.2, 0.25) is 0 Å². The number of anilines is 1. The quantitative estimate of drug-likeness (QED) is 0.182. The zero-order valence-corrected chi connectivity index (χ0v) is 19.6. The minimum atomic E-state index is -6.49.